The number of rotatable bonds is 7. The predicted octanol–water partition coefficient (Wildman–Crippen LogP) is 5.59. The Bertz CT molecular complexity index is 994. The summed E-state index contributed by atoms with van der Waals surface area (Å²) in [4.78, 5) is 31.2. The molecule has 0 atom stereocenters. The number of nitrogens with one attached hydrogen (secondary N) is 1. The molecule has 2 heterocycles. The summed E-state index contributed by atoms with van der Waals surface area (Å²) in [5.74, 6) is -0.0265. The van der Waals surface area contributed by atoms with E-state index in [1.54, 1.807) is 11.0 Å². The lowest BCUT2D eigenvalue weighted by atomic mass is 10.0. The molecule has 1 N–H and O–H groups in total. The van der Waals surface area contributed by atoms with Crippen molar-refractivity contribution < 1.29 is 14.3 Å². The number of fused-ring (bicyclic) bond motifs is 1. The van der Waals surface area contributed by atoms with Crippen LogP contribution in [0, 0.1) is 0 Å². The summed E-state index contributed by atoms with van der Waals surface area (Å²) in [5, 5.41) is 3.63. The van der Waals surface area contributed by atoms with Crippen LogP contribution in [0.5, 0.6) is 0 Å². The molecule has 192 valence electrons. The number of likely N-dealkylation sites (tertiary alicyclic amines) is 1. The first-order valence-corrected chi connectivity index (χ1v) is 12.0. The Hall–Kier alpha value is -2.19. The average Bonchev–Trinajstić information content (AvgIpc) is 2.82. The van der Waals surface area contributed by atoms with Crippen LogP contribution >= 0.6 is 36.4 Å². The number of benzene rings is 2. The van der Waals surface area contributed by atoms with E-state index in [0.717, 1.165) is 61.6 Å². The van der Waals surface area contributed by atoms with Gasteiger partial charge in [0, 0.05) is 54.2 Å². The maximum Gasteiger partial charge on any atom is 0.414 e. The van der Waals surface area contributed by atoms with Gasteiger partial charge in [0.25, 0.3) is 0 Å². The minimum atomic E-state index is -0.311. The maximum atomic E-state index is 12.6. The van der Waals surface area contributed by atoms with E-state index in [1.807, 2.05) is 36.4 Å². The quantitative estimate of drug-likeness (QED) is 0.493. The maximum absolute atomic E-state index is 12.6. The van der Waals surface area contributed by atoms with Crippen molar-refractivity contribution in [1.29, 1.82) is 0 Å². The summed E-state index contributed by atoms with van der Waals surface area (Å²) < 4.78 is 5.37. The zero-order valence-corrected chi connectivity index (χ0v) is 22.4. The Morgan fingerprint density at radius 3 is 2.37 bits per heavy atom. The molecule has 2 aliphatic rings. The number of cyclic esters (lactones) is 1. The van der Waals surface area contributed by atoms with Crippen LogP contribution in [0.15, 0.2) is 42.5 Å². The molecule has 2 aromatic carbocycles. The molecule has 1 fully saturated rings. The summed E-state index contributed by atoms with van der Waals surface area (Å²) in [6.45, 7) is 8.23. The molecule has 0 radical (unpaired) electrons. The van der Waals surface area contributed by atoms with E-state index in [1.165, 1.54) is 0 Å². The van der Waals surface area contributed by atoms with Gasteiger partial charge in [-0.3, -0.25) is 14.6 Å². The standard InChI is InChI=1S/C25H31ClN4O3.2ClH/c1-3-29(4-2)21-8-6-20(7-9-21)27-24(31)16-28-13-11-22(12-14-28)30-23-10-5-19(26)15-18(23)17-33-25(30)32;;/h5-10,15,22H,3-4,11-14,16-17H2,1-2H3,(H,27,31);2*1H. The van der Waals surface area contributed by atoms with Gasteiger partial charge in [-0.15, -0.1) is 24.8 Å². The molecule has 0 spiro atoms. The van der Waals surface area contributed by atoms with E-state index in [2.05, 4.69) is 29.0 Å². The SMILES string of the molecule is CCN(CC)c1ccc(NC(=O)CN2CCC(N3C(=O)OCc4cc(Cl)ccc43)CC2)cc1.Cl.Cl. The molecule has 4 rings (SSSR count). The summed E-state index contributed by atoms with van der Waals surface area (Å²) in [6, 6.07) is 13.6. The highest BCUT2D eigenvalue weighted by Crippen LogP contribution is 2.33. The highest BCUT2D eigenvalue weighted by atomic mass is 35.5. The lowest BCUT2D eigenvalue weighted by Crippen LogP contribution is -2.50. The van der Waals surface area contributed by atoms with Gasteiger partial charge in [0.2, 0.25) is 5.91 Å². The van der Waals surface area contributed by atoms with Gasteiger partial charge in [0.15, 0.2) is 0 Å². The zero-order chi connectivity index (χ0) is 23.4. The van der Waals surface area contributed by atoms with Crippen LogP contribution in [-0.4, -0.2) is 55.7 Å². The van der Waals surface area contributed by atoms with Crippen LogP contribution in [0.4, 0.5) is 21.9 Å². The molecular weight excluding hydrogens is 511 g/mol. The third-order valence-electron chi connectivity index (χ3n) is 6.42. The number of piperidine rings is 1. The van der Waals surface area contributed by atoms with Gasteiger partial charge in [-0.25, -0.2) is 4.79 Å². The Morgan fingerprint density at radius 1 is 1.09 bits per heavy atom. The number of hydrogen-bond donors (Lipinski definition) is 1. The molecule has 0 unspecified atom stereocenters. The molecule has 0 saturated carbocycles. The number of amides is 2. The van der Waals surface area contributed by atoms with Crippen molar-refractivity contribution in [3.05, 3.63) is 53.1 Å². The van der Waals surface area contributed by atoms with Gasteiger partial charge in [0.1, 0.15) is 6.61 Å². The molecule has 10 heteroatoms. The first-order valence-electron chi connectivity index (χ1n) is 11.6. The second-order valence-corrected chi connectivity index (χ2v) is 8.91. The summed E-state index contributed by atoms with van der Waals surface area (Å²) in [5.41, 5.74) is 3.76. The topological polar surface area (TPSA) is 65.1 Å². The lowest BCUT2D eigenvalue weighted by Gasteiger charge is -2.40. The number of nitrogens with zero attached hydrogens (tertiary/aromatic N) is 3. The van der Waals surface area contributed by atoms with E-state index >= 15 is 0 Å². The second kappa shape index (κ2) is 13.2. The highest BCUT2D eigenvalue weighted by molar-refractivity contribution is 6.30. The Kier molecular flexibility index (Phi) is 11.0. The second-order valence-electron chi connectivity index (χ2n) is 8.47. The van der Waals surface area contributed by atoms with Crippen molar-refractivity contribution in [3.8, 4) is 0 Å². The van der Waals surface area contributed by atoms with E-state index in [4.69, 9.17) is 16.3 Å². The zero-order valence-electron chi connectivity index (χ0n) is 20.0. The third-order valence-corrected chi connectivity index (χ3v) is 6.65. The van der Waals surface area contributed by atoms with Gasteiger partial charge >= 0.3 is 6.09 Å². The van der Waals surface area contributed by atoms with Crippen molar-refractivity contribution in [1.82, 2.24) is 4.90 Å². The number of hydrogen-bond acceptors (Lipinski definition) is 5. The van der Waals surface area contributed by atoms with Crippen molar-refractivity contribution in [2.24, 2.45) is 0 Å². The normalized spacial score (nSPS) is 15.9. The molecule has 0 aromatic heterocycles. The highest BCUT2D eigenvalue weighted by Gasteiger charge is 2.34. The van der Waals surface area contributed by atoms with Gasteiger partial charge in [-0.1, -0.05) is 11.6 Å². The van der Waals surface area contributed by atoms with E-state index in [9.17, 15) is 9.59 Å². The fourth-order valence-corrected chi connectivity index (χ4v) is 4.84. The Balaban J connectivity index is 0.00000216. The predicted molar refractivity (Wildman–Crippen MR) is 147 cm³/mol. The summed E-state index contributed by atoms with van der Waals surface area (Å²) >= 11 is 6.10. The first kappa shape index (κ1) is 29.0. The van der Waals surface area contributed by atoms with E-state index in [-0.39, 0.29) is 49.5 Å². The minimum Gasteiger partial charge on any atom is -0.444 e. The van der Waals surface area contributed by atoms with Crippen molar-refractivity contribution >= 4 is 65.5 Å². The largest absolute Gasteiger partial charge is 0.444 e. The van der Waals surface area contributed by atoms with Gasteiger partial charge in [0.05, 0.1) is 12.2 Å². The molecule has 2 aromatic rings. The molecule has 35 heavy (non-hydrogen) atoms. The smallest absolute Gasteiger partial charge is 0.414 e. The van der Waals surface area contributed by atoms with Gasteiger partial charge in [-0.2, -0.15) is 0 Å². The molecular formula is C25H33Cl3N4O3. The average molecular weight is 544 g/mol. The molecule has 2 amide bonds. The number of carbonyl (C=O) groups is 2. The van der Waals surface area contributed by atoms with Crippen LogP contribution in [-0.2, 0) is 16.1 Å². The van der Waals surface area contributed by atoms with Crippen LogP contribution in [0.3, 0.4) is 0 Å². The van der Waals surface area contributed by atoms with Crippen molar-refractivity contribution in [2.75, 3.05) is 47.8 Å². The Morgan fingerprint density at radius 2 is 1.74 bits per heavy atom. The first-order chi connectivity index (χ1) is 16.0. The fourth-order valence-electron chi connectivity index (χ4n) is 4.64. The molecule has 7 nitrogen and oxygen atoms in total. The molecule has 2 aliphatic heterocycles. The summed E-state index contributed by atoms with van der Waals surface area (Å²) in [6.07, 6.45) is 1.25. The van der Waals surface area contributed by atoms with Crippen LogP contribution in [0.25, 0.3) is 0 Å². The van der Waals surface area contributed by atoms with Gasteiger partial charge < -0.3 is 15.0 Å². The van der Waals surface area contributed by atoms with Crippen LogP contribution < -0.4 is 15.1 Å². The van der Waals surface area contributed by atoms with E-state index < -0.39 is 0 Å². The molecule has 1 saturated heterocycles. The lowest BCUT2D eigenvalue weighted by molar-refractivity contribution is -0.117. The number of carbonyl (C=O) groups excluding carboxylic acids is 2. The Labute approximate surface area is 224 Å². The van der Waals surface area contributed by atoms with Crippen molar-refractivity contribution in [3.63, 3.8) is 0 Å². The molecule has 0 aliphatic carbocycles. The van der Waals surface area contributed by atoms with Crippen LogP contribution in [0.2, 0.25) is 5.02 Å². The van der Waals surface area contributed by atoms with Gasteiger partial charge in [-0.05, 0) is 69.2 Å². The van der Waals surface area contributed by atoms with Crippen molar-refractivity contribution in [2.45, 2.75) is 39.3 Å². The summed E-state index contributed by atoms with van der Waals surface area (Å²) in [7, 11) is 0. The number of ether oxygens (including phenoxy) is 1. The fraction of sp³-hybridized carbons (Fsp3) is 0.440. The van der Waals surface area contributed by atoms with E-state index in [0.29, 0.717) is 11.6 Å². The third kappa shape index (κ3) is 6.94. The van der Waals surface area contributed by atoms with Crippen LogP contribution in [0.1, 0.15) is 32.3 Å². The monoisotopic (exact) mass is 542 g/mol. The molecule has 0 bridgehead atoms. The minimum absolute atomic E-state index is 0. The number of anilines is 3. The number of halogens is 3.